The molecule has 2 amide bonds. The number of hydrogen-bond acceptors (Lipinski definition) is 3. The van der Waals surface area contributed by atoms with Gasteiger partial charge in [-0.1, -0.05) is 0 Å². The van der Waals surface area contributed by atoms with E-state index < -0.39 is 0 Å². The molecular weight excluding hydrogens is 170 g/mol. The van der Waals surface area contributed by atoms with E-state index in [1.54, 1.807) is 7.05 Å². The van der Waals surface area contributed by atoms with Crippen molar-refractivity contribution in [3.8, 4) is 0 Å². The third-order valence-corrected chi connectivity index (χ3v) is 2.27. The standard InChI is InChI=1S/C8H15N3O2/c1-10-8(13)6-3-2-4-11(6)5-7(9)12/h6H,2-5H2,1H3,(H2,9,12)(H,10,13). The number of amides is 2. The Hall–Kier alpha value is -1.10. The molecule has 0 aliphatic carbocycles. The molecule has 1 aliphatic heterocycles. The molecule has 0 spiro atoms. The summed E-state index contributed by atoms with van der Waals surface area (Å²) in [6, 6.07) is -0.169. The minimum Gasteiger partial charge on any atom is -0.369 e. The fourth-order valence-electron chi connectivity index (χ4n) is 1.68. The van der Waals surface area contributed by atoms with Gasteiger partial charge in [-0.05, 0) is 19.4 Å². The van der Waals surface area contributed by atoms with E-state index >= 15 is 0 Å². The topological polar surface area (TPSA) is 75.4 Å². The smallest absolute Gasteiger partial charge is 0.237 e. The van der Waals surface area contributed by atoms with Crippen molar-refractivity contribution in [1.29, 1.82) is 0 Å². The summed E-state index contributed by atoms with van der Waals surface area (Å²) < 4.78 is 0. The van der Waals surface area contributed by atoms with Gasteiger partial charge in [0.05, 0.1) is 12.6 Å². The molecule has 1 aliphatic rings. The maximum absolute atomic E-state index is 11.3. The van der Waals surface area contributed by atoms with Crippen LogP contribution >= 0.6 is 0 Å². The maximum Gasteiger partial charge on any atom is 0.237 e. The summed E-state index contributed by atoms with van der Waals surface area (Å²) in [6.07, 6.45) is 1.76. The fourth-order valence-corrected chi connectivity index (χ4v) is 1.68. The van der Waals surface area contributed by atoms with Gasteiger partial charge in [0.1, 0.15) is 0 Å². The summed E-state index contributed by atoms with van der Waals surface area (Å²) in [7, 11) is 1.60. The molecule has 0 bridgehead atoms. The number of primary amides is 1. The summed E-state index contributed by atoms with van der Waals surface area (Å²) >= 11 is 0. The number of nitrogens with zero attached hydrogens (tertiary/aromatic N) is 1. The van der Waals surface area contributed by atoms with Gasteiger partial charge < -0.3 is 11.1 Å². The Labute approximate surface area is 77.3 Å². The first-order chi connectivity index (χ1) is 6.15. The first kappa shape index (κ1) is 9.98. The van der Waals surface area contributed by atoms with Crippen molar-refractivity contribution >= 4 is 11.8 Å². The number of hydrogen-bond donors (Lipinski definition) is 2. The molecule has 0 aromatic carbocycles. The zero-order valence-electron chi connectivity index (χ0n) is 7.75. The van der Waals surface area contributed by atoms with Crippen LogP contribution in [-0.2, 0) is 9.59 Å². The van der Waals surface area contributed by atoms with Crippen LogP contribution in [0.4, 0.5) is 0 Å². The van der Waals surface area contributed by atoms with Gasteiger partial charge in [-0.15, -0.1) is 0 Å². The second-order valence-corrected chi connectivity index (χ2v) is 3.21. The minimum atomic E-state index is -0.379. The number of nitrogens with two attached hydrogens (primary N) is 1. The second-order valence-electron chi connectivity index (χ2n) is 3.21. The van der Waals surface area contributed by atoms with Crippen LogP contribution < -0.4 is 11.1 Å². The number of likely N-dealkylation sites (tertiary alicyclic amines) is 1. The largest absolute Gasteiger partial charge is 0.369 e. The highest BCUT2D eigenvalue weighted by Gasteiger charge is 2.30. The van der Waals surface area contributed by atoms with E-state index in [1.165, 1.54) is 0 Å². The van der Waals surface area contributed by atoms with Crippen LogP contribution in [-0.4, -0.2) is 42.9 Å². The molecule has 0 aromatic heterocycles. The first-order valence-corrected chi connectivity index (χ1v) is 4.39. The minimum absolute atomic E-state index is 0.0289. The summed E-state index contributed by atoms with van der Waals surface area (Å²) in [5.41, 5.74) is 5.06. The van der Waals surface area contributed by atoms with Crippen LogP contribution in [0.3, 0.4) is 0 Å². The van der Waals surface area contributed by atoms with Crippen molar-refractivity contribution in [3.63, 3.8) is 0 Å². The Bertz CT molecular complexity index is 217. The van der Waals surface area contributed by atoms with Crippen LogP contribution in [0.2, 0.25) is 0 Å². The Morgan fingerprint density at radius 2 is 2.31 bits per heavy atom. The van der Waals surface area contributed by atoms with Crippen LogP contribution in [0.1, 0.15) is 12.8 Å². The van der Waals surface area contributed by atoms with Crippen LogP contribution in [0.5, 0.6) is 0 Å². The number of rotatable bonds is 3. The number of nitrogens with one attached hydrogen (secondary N) is 1. The highest BCUT2D eigenvalue weighted by molar-refractivity contribution is 5.83. The SMILES string of the molecule is CNC(=O)C1CCCN1CC(N)=O. The molecule has 0 radical (unpaired) electrons. The molecule has 74 valence electrons. The lowest BCUT2D eigenvalue weighted by Gasteiger charge is -2.20. The maximum atomic E-state index is 11.3. The highest BCUT2D eigenvalue weighted by atomic mass is 16.2. The average molecular weight is 185 g/mol. The molecule has 1 saturated heterocycles. The molecule has 5 heteroatoms. The van der Waals surface area contributed by atoms with E-state index in [2.05, 4.69) is 5.32 Å². The van der Waals surface area contributed by atoms with Crippen molar-refractivity contribution in [2.24, 2.45) is 5.73 Å². The normalized spacial score (nSPS) is 23.0. The average Bonchev–Trinajstić information content (AvgIpc) is 2.50. The number of likely N-dealkylation sites (N-methyl/N-ethyl adjacent to an activating group) is 1. The molecule has 1 heterocycles. The lowest BCUT2D eigenvalue weighted by Crippen LogP contribution is -2.45. The zero-order valence-corrected chi connectivity index (χ0v) is 7.75. The molecule has 1 atom stereocenters. The monoisotopic (exact) mass is 185 g/mol. The summed E-state index contributed by atoms with van der Waals surface area (Å²) in [5.74, 6) is -0.408. The van der Waals surface area contributed by atoms with Gasteiger partial charge in [-0.2, -0.15) is 0 Å². The van der Waals surface area contributed by atoms with E-state index in [1.807, 2.05) is 4.90 Å². The molecule has 3 N–H and O–H groups in total. The molecule has 0 saturated carbocycles. The van der Waals surface area contributed by atoms with Crippen molar-refractivity contribution in [3.05, 3.63) is 0 Å². The molecule has 1 rings (SSSR count). The predicted octanol–water partition coefficient (Wildman–Crippen LogP) is -1.32. The fraction of sp³-hybridized carbons (Fsp3) is 0.750. The Morgan fingerprint density at radius 3 is 2.85 bits per heavy atom. The van der Waals surface area contributed by atoms with Crippen molar-refractivity contribution in [2.45, 2.75) is 18.9 Å². The van der Waals surface area contributed by atoms with Crippen molar-refractivity contribution < 1.29 is 9.59 Å². The third-order valence-electron chi connectivity index (χ3n) is 2.27. The third kappa shape index (κ3) is 2.42. The summed E-state index contributed by atoms with van der Waals surface area (Å²) in [5, 5.41) is 2.58. The second kappa shape index (κ2) is 4.23. The van der Waals surface area contributed by atoms with Gasteiger partial charge in [-0.3, -0.25) is 14.5 Å². The quantitative estimate of drug-likeness (QED) is 0.572. The van der Waals surface area contributed by atoms with Gasteiger partial charge in [-0.25, -0.2) is 0 Å². The van der Waals surface area contributed by atoms with Gasteiger partial charge >= 0.3 is 0 Å². The van der Waals surface area contributed by atoms with Crippen LogP contribution in [0.15, 0.2) is 0 Å². The lowest BCUT2D eigenvalue weighted by molar-refractivity contribution is -0.126. The molecule has 1 fully saturated rings. The van der Waals surface area contributed by atoms with E-state index in [0.717, 1.165) is 19.4 Å². The van der Waals surface area contributed by atoms with Crippen LogP contribution in [0.25, 0.3) is 0 Å². The van der Waals surface area contributed by atoms with Gasteiger partial charge in [0.15, 0.2) is 0 Å². The van der Waals surface area contributed by atoms with E-state index in [4.69, 9.17) is 5.73 Å². The molecular formula is C8H15N3O2. The molecule has 5 nitrogen and oxygen atoms in total. The lowest BCUT2D eigenvalue weighted by atomic mass is 10.2. The van der Waals surface area contributed by atoms with Gasteiger partial charge in [0.25, 0.3) is 0 Å². The Kier molecular flexibility index (Phi) is 3.25. The van der Waals surface area contributed by atoms with Crippen molar-refractivity contribution in [2.75, 3.05) is 20.1 Å². The predicted molar refractivity (Wildman–Crippen MR) is 47.9 cm³/mol. The molecule has 0 aromatic rings. The Balaban J connectivity index is 2.53. The number of carbonyl (C=O) groups is 2. The highest BCUT2D eigenvalue weighted by Crippen LogP contribution is 2.16. The summed E-state index contributed by atoms with van der Waals surface area (Å²) in [6.45, 7) is 0.957. The summed E-state index contributed by atoms with van der Waals surface area (Å²) in [4.78, 5) is 23.8. The Morgan fingerprint density at radius 1 is 1.62 bits per heavy atom. The zero-order chi connectivity index (χ0) is 9.84. The van der Waals surface area contributed by atoms with Crippen molar-refractivity contribution in [1.82, 2.24) is 10.2 Å². The number of carbonyl (C=O) groups excluding carboxylic acids is 2. The molecule has 1 unspecified atom stereocenters. The van der Waals surface area contributed by atoms with E-state index in [9.17, 15) is 9.59 Å². The van der Waals surface area contributed by atoms with E-state index in [-0.39, 0.29) is 24.4 Å². The van der Waals surface area contributed by atoms with Crippen LogP contribution in [0, 0.1) is 0 Å². The van der Waals surface area contributed by atoms with Gasteiger partial charge in [0, 0.05) is 7.05 Å². The molecule has 13 heavy (non-hydrogen) atoms. The van der Waals surface area contributed by atoms with Gasteiger partial charge in [0.2, 0.25) is 11.8 Å². The first-order valence-electron chi connectivity index (χ1n) is 4.39. The van der Waals surface area contributed by atoms with E-state index in [0.29, 0.717) is 0 Å².